The second kappa shape index (κ2) is 7.28. The van der Waals surface area contributed by atoms with E-state index in [1.165, 1.54) is 11.8 Å². The molecule has 1 fully saturated rings. The van der Waals surface area contributed by atoms with Crippen LogP contribution in [0.1, 0.15) is 31.2 Å². The van der Waals surface area contributed by atoms with Crippen LogP contribution in [0, 0.1) is 24.2 Å². The van der Waals surface area contributed by atoms with Gasteiger partial charge in [-0.05, 0) is 38.2 Å². The maximum absolute atomic E-state index is 12.3. The van der Waals surface area contributed by atoms with Gasteiger partial charge in [-0.1, -0.05) is 42.1 Å². The molecule has 3 rings (SSSR count). The number of hydrogen-bond donors (Lipinski definition) is 1. The number of aryl methyl sites for hydroxylation is 1. The van der Waals surface area contributed by atoms with Gasteiger partial charge >= 0.3 is 0 Å². The third kappa shape index (κ3) is 4.20. The first-order valence-electron chi connectivity index (χ1n) is 8.30. The summed E-state index contributed by atoms with van der Waals surface area (Å²) in [6.45, 7) is 4.37. The van der Waals surface area contributed by atoms with Gasteiger partial charge in [-0.25, -0.2) is 0 Å². The molecule has 1 aliphatic rings. The highest BCUT2D eigenvalue weighted by molar-refractivity contribution is 7.99. The van der Waals surface area contributed by atoms with Gasteiger partial charge in [0.15, 0.2) is 5.16 Å². The summed E-state index contributed by atoms with van der Waals surface area (Å²) in [6, 6.07) is 12.3. The van der Waals surface area contributed by atoms with Gasteiger partial charge in [-0.2, -0.15) is 5.26 Å². The molecular formula is C18H21N5OS. The van der Waals surface area contributed by atoms with Crippen LogP contribution in [0.4, 0.5) is 0 Å². The number of carbonyl (C=O) groups excluding carboxylic acids is 1. The summed E-state index contributed by atoms with van der Waals surface area (Å²) in [5.74, 6) is 1.16. The van der Waals surface area contributed by atoms with Gasteiger partial charge in [-0.3, -0.25) is 4.79 Å². The van der Waals surface area contributed by atoms with Crippen molar-refractivity contribution >= 4 is 17.7 Å². The van der Waals surface area contributed by atoms with Crippen LogP contribution in [-0.2, 0) is 11.3 Å². The summed E-state index contributed by atoms with van der Waals surface area (Å²) in [6.07, 6.45) is 2.00. The number of amides is 1. The first kappa shape index (κ1) is 17.5. The van der Waals surface area contributed by atoms with E-state index >= 15 is 0 Å². The monoisotopic (exact) mass is 355 g/mol. The molecule has 0 bridgehead atoms. The highest BCUT2D eigenvalue weighted by atomic mass is 32.2. The number of nitriles is 1. The number of benzene rings is 1. The Morgan fingerprint density at radius 1 is 1.40 bits per heavy atom. The molecule has 0 radical (unpaired) electrons. The van der Waals surface area contributed by atoms with E-state index in [-0.39, 0.29) is 17.6 Å². The Labute approximate surface area is 151 Å². The zero-order chi connectivity index (χ0) is 17.9. The lowest BCUT2D eigenvalue weighted by Gasteiger charge is -2.22. The van der Waals surface area contributed by atoms with Crippen LogP contribution in [0.25, 0.3) is 0 Å². The quantitative estimate of drug-likeness (QED) is 0.772. The zero-order valence-corrected chi connectivity index (χ0v) is 15.2. The zero-order valence-electron chi connectivity index (χ0n) is 14.4. The molecule has 1 saturated carbocycles. The Morgan fingerprint density at radius 3 is 2.76 bits per heavy atom. The topological polar surface area (TPSA) is 83.6 Å². The average Bonchev–Trinajstić information content (AvgIpc) is 3.41. The fourth-order valence-corrected chi connectivity index (χ4v) is 3.54. The van der Waals surface area contributed by atoms with Crippen LogP contribution >= 0.6 is 11.8 Å². The number of rotatable bonds is 7. The largest absolute Gasteiger partial charge is 0.337 e. The van der Waals surface area contributed by atoms with Crippen molar-refractivity contribution in [2.45, 2.75) is 43.9 Å². The van der Waals surface area contributed by atoms with Gasteiger partial charge in [-0.15, -0.1) is 10.2 Å². The fourth-order valence-electron chi connectivity index (χ4n) is 2.75. The minimum absolute atomic E-state index is 0.145. The van der Waals surface area contributed by atoms with Gasteiger partial charge in [0.2, 0.25) is 5.91 Å². The summed E-state index contributed by atoms with van der Waals surface area (Å²) < 4.78 is 2.00. The second-order valence-electron chi connectivity index (χ2n) is 6.53. The van der Waals surface area contributed by atoms with E-state index in [0.29, 0.717) is 11.7 Å². The fraction of sp³-hybridized carbons (Fsp3) is 0.444. The number of carbonyl (C=O) groups is 1. The Bertz CT molecular complexity index is 794. The molecule has 1 heterocycles. The summed E-state index contributed by atoms with van der Waals surface area (Å²) in [7, 11) is 0. The third-order valence-corrected chi connectivity index (χ3v) is 5.41. The van der Waals surface area contributed by atoms with Gasteiger partial charge in [0, 0.05) is 0 Å². The van der Waals surface area contributed by atoms with E-state index in [0.717, 1.165) is 24.2 Å². The van der Waals surface area contributed by atoms with E-state index in [1.54, 1.807) is 6.92 Å². The highest BCUT2D eigenvalue weighted by Gasteiger charge is 2.42. The van der Waals surface area contributed by atoms with Crippen molar-refractivity contribution < 1.29 is 4.79 Å². The van der Waals surface area contributed by atoms with Crippen molar-refractivity contribution in [3.63, 3.8) is 0 Å². The van der Waals surface area contributed by atoms with E-state index in [4.69, 9.17) is 0 Å². The van der Waals surface area contributed by atoms with Crippen molar-refractivity contribution in [3.05, 3.63) is 41.7 Å². The van der Waals surface area contributed by atoms with Crippen LogP contribution in [0.5, 0.6) is 0 Å². The summed E-state index contributed by atoms with van der Waals surface area (Å²) in [5, 5.41) is 21.2. The molecule has 0 aliphatic heterocycles. The molecule has 1 aromatic carbocycles. The molecule has 130 valence electrons. The van der Waals surface area contributed by atoms with Crippen LogP contribution < -0.4 is 5.32 Å². The second-order valence-corrected chi connectivity index (χ2v) is 7.47. The molecule has 2 aromatic rings. The SMILES string of the molecule is Cc1nnc(SCC(=O)NC(C)(C#N)C2CC2)n1Cc1ccccc1. The van der Waals surface area contributed by atoms with Crippen molar-refractivity contribution in [1.82, 2.24) is 20.1 Å². The molecule has 0 spiro atoms. The van der Waals surface area contributed by atoms with Crippen LogP contribution in [0.3, 0.4) is 0 Å². The van der Waals surface area contributed by atoms with Gasteiger partial charge < -0.3 is 9.88 Å². The van der Waals surface area contributed by atoms with Crippen LogP contribution in [0.15, 0.2) is 35.5 Å². The predicted octanol–water partition coefficient (Wildman–Crippen LogP) is 2.54. The molecule has 7 heteroatoms. The van der Waals surface area contributed by atoms with Crippen molar-refractivity contribution in [3.8, 4) is 6.07 Å². The summed E-state index contributed by atoms with van der Waals surface area (Å²) in [4.78, 5) is 12.3. The number of nitrogens with one attached hydrogen (secondary N) is 1. The lowest BCUT2D eigenvalue weighted by molar-refractivity contribution is -0.119. The molecule has 1 N–H and O–H groups in total. The average molecular weight is 355 g/mol. The lowest BCUT2D eigenvalue weighted by atomic mass is 9.98. The number of hydrogen-bond acceptors (Lipinski definition) is 5. The lowest BCUT2D eigenvalue weighted by Crippen LogP contribution is -2.47. The van der Waals surface area contributed by atoms with Crippen LogP contribution in [-0.4, -0.2) is 32.0 Å². The molecule has 0 saturated heterocycles. The molecule has 1 unspecified atom stereocenters. The minimum atomic E-state index is -0.759. The summed E-state index contributed by atoms with van der Waals surface area (Å²) >= 11 is 1.35. The third-order valence-electron chi connectivity index (χ3n) is 4.44. The Balaban J connectivity index is 1.62. The molecule has 1 aliphatic carbocycles. The Kier molecular flexibility index (Phi) is 5.09. The molecule has 1 aromatic heterocycles. The smallest absolute Gasteiger partial charge is 0.231 e. The maximum Gasteiger partial charge on any atom is 0.231 e. The van der Waals surface area contributed by atoms with Crippen molar-refractivity contribution in [1.29, 1.82) is 5.26 Å². The van der Waals surface area contributed by atoms with Gasteiger partial charge in [0.05, 0.1) is 18.4 Å². The van der Waals surface area contributed by atoms with E-state index in [2.05, 4.69) is 33.7 Å². The number of nitrogens with zero attached hydrogens (tertiary/aromatic N) is 4. The predicted molar refractivity (Wildman–Crippen MR) is 95.9 cm³/mol. The van der Waals surface area contributed by atoms with Crippen molar-refractivity contribution in [2.24, 2.45) is 5.92 Å². The van der Waals surface area contributed by atoms with Gasteiger partial charge in [0.1, 0.15) is 11.4 Å². The molecule has 1 atom stereocenters. The minimum Gasteiger partial charge on any atom is -0.337 e. The van der Waals surface area contributed by atoms with E-state index in [9.17, 15) is 10.1 Å². The molecular weight excluding hydrogens is 334 g/mol. The first-order chi connectivity index (χ1) is 12.0. The maximum atomic E-state index is 12.3. The van der Waals surface area contributed by atoms with Crippen LogP contribution in [0.2, 0.25) is 0 Å². The Hall–Kier alpha value is -2.33. The van der Waals surface area contributed by atoms with Crippen molar-refractivity contribution in [2.75, 3.05) is 5.75 Å². The standard InChI is InChI=1S/C18H21N5OS/c1-13-21-22-17(23(13)10-14-6-4-3-5-7-14)25-11-16(24)20-18(2,12-19)15-8-9-15/h3-7,15H,8-11H2,1-2H3,(H,20,24). The van der Waals surface area contributed by atoms with E-state index < -0.39 is 5.54 Å². The Morgan fingerprint density at radius 2 is 2.12 bits per heavy atom. The number of aromatic nitrogens is 3. The molecule has 25 heavy (non-hydrogen) atoms. The normalized spacial score (nSPS) is 16.0. The number of thioether (sulfide) groups is 1. The summed E-state index contributed by atoms with van der Waals surface area (Å²) in [5.41, 5.74) is 0.396. The molecule has 1 amide bonds. The van der Waals surface area contributed by atoms with Gasteiger partial charge in [0.25, 0.3) is 0 Å². The highest BCUT2D eigenvalue weighted by Crippen LogP contribution is 2.39. The molecule has 6 nitrogen and oxygen atoms in total. The first-order valence-corrected chi connectivity index (χ1v) is 9.29. The van der Waals surface area contributed by atoms with E-state index in [1.807, 2.05) is 29.7 Å².